The highest BCUT2D eigenvalue weighted by Crippen LogP contribution is 2.35. The second-order valence-electron chi connectivity index (χ2n) is 7.45. The molecule has 1 atom stereocenters. The Balaban J connectivity index is 1.96. The summed E-state index contributed by atoms with van der Waals surface area (Å²) in [5.74, 6) is 0.912. The van der Waals surface area contributed by atoms with Crippen LogP contribution in [-0.2, 0) is 4.79 Å². The molecule has 0 unspecified atom stereocenters. The maximum absolute atomic E-state index is 12.8. The molecule has 2 aromatic heterocycles. The number of carbonyl (C=O) groups excluding carboxylic acids is 1. The monoisotopic (exact) mass is 344 g/mol. The maximum atomic E-state index is 12.8. The number of amides is 1. The van der Waals surface area contributed by atoms with Gasteiger partial charge in [-0.15, -0.1) is 11.3 Å². The molecule has 3 rings (SSSR count). The second kappa shape index (κ2) is 6.24. The minimum atomic E-state index is -0.387. The molecule has 0 aliphatic carbocycles. The molecule has 1 amide bonds. The van der Waals surface area contributed by atoms with Gasteiger partial charge in [0.15, 0.2) is 5.82 Å². The highest BCUT2D eigenvalue weighted by molar-refractivity contribution is 7.13. The van der Waals surface area contributed by atoms with Crippen molar-refractivity contribution in [3.63, 3.8) is 0 Å². The number of nitrogens with zero attached hydrogens (tertiary/aromatic N) is 4. The van der Waals surface area contributed by atoms with Gasteiger partial charge in [0.25, 0.3) is 0 Å². The van der Waals surface area contributed by atoms with Crippen molar-refractivity contribution in [2.24, 2.45) is 5.41 Å². The van der Waals surface area contributed by atoms with Crippen molar-refractivity contribution in [1.82, 2.24) is 19.9 Å². The summed E-state index contributed by atoms with van der Waals surface area (Å²) in [7, 11) is 0. The number of aromatic nitrogens is 3. The van der Waals surface area contributed by atoms with Crippen LogP contribution in [0.15, 0.2) is 11.4 Å². The number of thiazole rings is 1. The first-order valence-corrected chi connectivity index (χ1v) is 9.23. The molecule has 2 aromatic rings. The lowest BCUT2D eigenvalue weighted by Gasteiger charge is -2.30. The van der Waals surface area contributed by atoms with Gasteiger partial charge in [-0.1, -0.05) is 20.8 Å². The number of hydrogen-bond acceptors (Lipinski definition) is 5. The van der Waals surface area contributed by atoms with E-state index in [1.807, 2.05) is 51.0 Å². The van der Waals surface area contributed by atoms with Crippen molar-refractivity contribution >= 4 is 17.2 Å². The molecular formula is C18H24N4OS. The van der Waals surface area contributed by atoms with Gasteiger partial charge in [-0.05, 0) is 32.8 Å². The average molecular weight is 344 g/mol. The van der Waals surface area contributed by atoms with Crippen LogP contribution in [0.3, 0.4) is 0 Å². The van der Waals surface area contributed by atoms with E-state index in [-0.39, 0.29) is 17.4 Å². The van der Waals surface area contributed by atoms with Crippen LogP contribution in [0.25, 0.3) is 10.7 Å². The van der Waals surface area contributed by atoms with Crippen LogP contribution in [-0.4, -0.2) is 32.3 Å². The summed E-state index contributed by atoms with van der Waals surface area (Å²) in [6.07, 6.45) is 1.91. The molecule has 1 aliphatic heterocycles. The average Bonchev–Trinajstić information content (AvgIpc) is 3.13. The Hall–Kier alpha value is -1.82. The van der Waals surface area contributed by atoms with Gasteiger partial charge in [-0.25, -0.2) is 15.0 Å². The van der Waals surface area contributed by atoms with Crippen molar-refractivity contribution in [3.05, 3.63) is 28.7 Å². The van der Waals surface area contributed by atoms with Crippen molar-refractivity contribution < 1.29 is 4.79 Å². The second-order valence-corrected chi connectivity index (χ2v) is 8.31. The van der Waals surface area contributed by atoms with Gasteiger partial charge in [-0.2, -0.15) is 0 Å². The molecule has 0 spiro atoms. The number of likely N-dealkylation sites (tertiary alicyclic amines) is 1. The Morgan fingerprint density at radius 2 is 1.96 bits per heavy atom. The van der Waals surface area contributed by atoms with Crippen LogP contribution in [0.4, 0.5) is 0 Å². The third kappa shape index (κ3) is 3.34. The zero-order chi connectivity index (χ0) is 17.5. The van der Waals surface area contributed by atoms with E-state index in [0.717, 1.165) is 47.3 Å². The first-order chi connectivity index (χ1) is 11.3. The first kappa shape index (κ1) is 17.0. The lowest BCUT2D eigenvalue weighted by Crippen LogP contribution is -2.39. The molecule has 128 valence electrons. The fourth-order valence-electron chi connectivity index (χ4n) is 3.03. The molecule has 0 aromatic carbocycles. The fourth-order valence-corrected chi connectivity index (χ4v) is 3.79. The zero-order valence-corrected chi connectivity index (χ0v) is 15.8. The minimum absolute atomic E-state index is 0.0311. The quantitative estimate of drug-likeness (QED) is 0.828. The Bertz CT molecular complexity index is 763. The number of aryl methyl sites for hydroxylation is 2. The molecule has 24 heavy (non-hydrogen) atoms. The van der Waals surface area contributed by atoms with E-state index in [4.69, 9.17) is 4.98 Å². The number of hydrogen-bond donors (Lipinski definition) is 0. The molecule has 0 bridgehead atoms. The molecule has 6 heteroatoms. The van der Waals surface area contributed by atoms with E-state index in [9.17, 15) is 4.79 Å². The van der Waals surface area contributed by atoms with Crippen LogP contribution in [0, 0.1) is 19.3 Å². The van der Waals surface area contributed by atoms with E-state index in [1.54, 1.807) is 11.3 Å². The zero-order valence-electron chi connectivity index (χ0n) is 15.0. The highest BCUT2D eigenvalue weighted by Gasteiger charge is 2.37. The van der Waals surface area contributed by atoms with Crippen molar-refractivity contribution in [2.45, 2.75) is 53.5 Å². The Kier molecular flexibility index (Phi) is 4.42. The molecular weight excluding hydrogens is 320 g/mol. The molecule has 1 aliphatic rings. The van der Waals surface area contributed by atoms with Crippen LogP contribution in [0.2, 0.25) is 0 Å². The molecule has 3 heterocycles. The smallest absolute Gasteiger partial charge is 0.228 e. The molecule has 1 saturated heterocycles. The van der Waals surface area contributed by atoms with Gasteiger partial charge in [0.1, 0.15) is 10.7 Å². The van der Waals surface area contributed by atoms with Crippen molar-refractivity contribution in [3.8, 4) is 10.7 Å². The third-order valence-electron chi connectivity index (χ3n) is 4.16. The van der Waals surface area contributed by atoms with Crippen LogP contribution < -0.4 is 0 Å². The van der Waals surface area contributed by atoms with Gasteiger partial charge in [0.05, 0.1) is 6.04 Å². The van der Waals surface area contributed by atoms with E-state index in [2.05, 4.69) is 9.97 Å². The van der Waals surface area contributed by atoms with Crippen LogP contribution in [0.5, 0.6) is 0 Å². The molecule has 1 fully saturated rings. The Morgan fingerprint density at radius 1 is 1.21 bits per heavy atom. The summed E-state index contributed by atoms with van der Waals surface area (Å²) in [6, 6.07) is 1.93. The predicted molar refractivity (Wildman–Crippen MR) is 95.8 cm³/mol. The maximum Gasteiger partial charge on any atom is 0.228 e. The van der Waals surface area contributed by atoms with Gasteiger partial charge in [0.2, 0.25) is 5.91 Å². The number of rotatable bonds is 2. The summed E-state index contributed by atoms with van der Waals surface area (Å²) in [5, 5.41) is 2.93. The van der Waals surface area contributed by atoms with Gasteiger partial charge >= 0.3 is 0 Å². The van der Waals surface area contributed by atoms with E-state index < -0.39 is 0 Å². The largest absolute Gasteiger partial charge is 0.332 e. The molecule has 0 radical (unpaired) electrons. The van der Waals surface area contributed by atoms with Crippen molar-refractivity contribution in [2.75, 3.05) is 6.54 Å². The lowest BCUT2D eigenvalue weighted by atomic mass is 9.94. The third-order valence-corrected chi connectivity index (χ3v) is 5.15. The number of carbonyl (C=O) groups is 1. The lowest BCUT2D eigenvalue weighted by molar-refractivity contribution is -0.140. The Labute approximate surface area is 147 Å². The highest BCUT2D eigenvalue weighted by atomic mass is 32.1. The van der Waals surface area contributed by atoms with Crippen LogP contribution >= 0.6 is 11.3 Å². The normalized spacial score (nSPS) is 18.2. The van der Waals surface area contributed by atoms with Gasteiger partial charge in [-0.3, -0.25) is 4.79 Å². The molecule has 5 nitrogen and oxygen atoms in total. The van der Waals surface area contributed by atoms with Gasteiger partial charge < -0.3 is 4.90 Å². The first-order valence-electron chi connectivity index (χ1n) is 8.35. The topological polar surface area (TPSA) is 59.0 Å². The van der Waals surface area contributed by atoms with Crippen LogP contribution in [0.1, 0.15) is 56.9 Å². The van der Waals surface area contributed by atoms with Crippen molar-refractivity contribution in [1.29, 1.82) is 0 Å². The Morgan fingerprint density at radius 3 is 2.58 bits per heavy atom. The predicted octanol–water partition coefficient (Wildman–Crippen LogP) is 3.93. The molecule has 0 N–H and O–H groups in total. The van der Waals surface area contributed by atoms with E-state index in [1.165, 1.54) is 0 Å². The molecule has 0 saturated carbocycles. The summed E-state index contributed by atoms with van der Waals surface area (Å²) in [5.41, 5.74) is 2.38. The summed E-state index contributed by atoms with van der Waals surface area (Å²) < 4.78 is 0. The van der Waals surface area contributed by atoms with Gasteiger partial charge in [0, 0.05) is 28.7 Å². The summed E-state index contributed by atoms with van der Waals surface area (Å²) >= 11 is 1.59. The summed E-state index contributed by atoms with van der Waals surface area (Å²) in [6.45, 7) is 10.6. The standard InChI is InChI=1S/C18H24N4OS/c1-11-9-13(16-20-12(2)10-24-16)21-15(19-11)14-7-6-8-22(14)17(23)18(3,4)5/h9-10,14H,6-8H2,1-5H3/t14-/m0/s1. The van der Waals surface area contributed by atoms with E-state index >= 15 is 0 Å². The van der Waals surface area contributed by atoms with E-state index in [0.29, 0.717) is 0 Å². The fraction of sp³-hybridized carbons (Fsp3) is 0.556. The summed E-state index contributed by atoms with van der Waals surface area (Å²) in [4.78, 5) is 28.6. The SMILES string of the molecule is Cc1cc(-c2nc(C)cs2)nc([C@@H]2CCCN2C(=O)C(C)(C)C)n1. The minimum Gasteiger partial charge on any atom is -0.332 e.